The Balaban J connectivity index is 1.18. The third kappa shape index (κ3) is 8.95. The van der Waals surface area contributed by atoms with Crippen LogP contribution in [0.25, 0.3) is 57.3 Å². The number of rotatable bonds is 16. The largest absolute Gasteiger partial charge is 0.436 e. The van der Waals surface area contributed by atoms with Crippen molar-refractivity contribution in [3.63, 3.8) is 0 Å². The Morgan fingerprint density at radius 1 is 0.481 bits per heavy atom. The van der Waals surface area contributed by atoms with Crippen LogP contribution in [0.4, 0.5) is 0 Å². The zero-order valence-corrected chi connectivity index (χ0v) is 32.8. The number of oxazole rings is 2. The van der Waals surface area contributed by atoms with E-state index in [0.717, 1.165) is 83.0 Å². The normalized spacial score (nSPS) is 14.4. The van der Waals surface area contributed by atoms with Crippen LogP contribution < -0.4 is 0 Å². The summed E-state index contributed by atoms with van der Waals surface area (Å²) in [5.74, 6) is 3.86. The fourth-order valence-corrected chi connectivity index (χ4v) is 6.92. The van der Waals surface area contributed by atoms with E-state index in [1.807, 2.05) is 0 Å². The molecule has 4 atom stereocenters. The van der Waals surface area contributed by atoms with E-state index in [0.29, 0.717) is 35.5 Å². The first-order chi connectivity index (χ1) is 25.2. The number of fused-ring (bicyclic) bond motifs is 2. The zero-order valence-electron chi connectivity index (χ0n) is 32.8. The van der Waals surface area contributed by atoms with Crippen molar-refractivity contribution >= 4 is 34.4 Å². The molecule has 0 saturated heterocycles. The van der Waals surface area contributed by atoms with Crippen molar-refractivity contribution in [1.29, 1.82) is 0 Å². The summed E-state index contributed by atoms with van der Waals surface area (Å²) in [5.41, 5.74) is 13.3. The van der Waals surface area contributed by atoms with Gasteiger partial charge in [-0.05, 0) is 119 Å². The van der Waals surface area contributed by atoms with Gasteiger partial charge in [0.1, 0.15) is 11.0 Å². The van der Waals surface area contributed by atoms with Gasteiger partial charge in [0.2, 0.25) is 11.8 Å². The molecule has 0 bridgehead atoms. The number of hydrogen-bond donors (Lipinski definition) is 0. The van der Waals surface area contributed by atoms with Crippen LogP contribution in [-0.2, 0) is 25.7 Å². The van der Waals surface area contributed by atoms with Crippen LogP contribution in [0.15, 0.2) is 81.6 Å². The third-order valence-electron chi connectivity index (χ3n) is 11.1. The van der Waals surface area contributed by atoms with Gasteiger partial charge in [0.15, 0.2) is 11.2 Å². The molecule has 0 fully saturated rings. The molecule has 0 saturated carbocycles. The summed E-state index contributed by atoms with van der Waals surface area (Å²) in [6, 6.07) is 26.2. The van der Waals surface area contributed by atoms with Crippen molar-refractivity contribution in [2.45, 2.75) is 107 Å². The summed E-state index contributed by atoms with van der Waals surface area (Å²) in [5, 5.41) is 0. The second-order valence-electron chi connectivity index (χ2n) is 15.7. The standard InChI is InChI=1S/C48H58N2O2/c1-9-31(5)23-37-27-41(25-33(7)11-3)45-43(29-37)49-47(51-45)39-19-15-35(16-20-39)13-14-36-17-21-40(22-18-36)48-50-44-30-38(24-32(6)10-2)28-42(46(44)52-48)26-34(8)12-4/h13-22,27-34H,9-12,23-26H2,1-8H3. The van der Waals surface area contributed by atoms with Gasteiger partial charge in [-0.2, -0.15) is 0 Å². The van der Waals surface area contributed by atoms with Gasteiger partial charge in [-0.15, -0.1) is 0 Å². The van der Waals surface area contributed by atoms with E-state index in [1.54, 1.807) is 0 Å². The molecule has 0 aliphatic carbocycles. The number of hydrogen-bond acceptors (Lipinski definition) is 4. The molecule has 0 N–H and O–H groups in total. The Morgan fingerprint density at radius 2 is 0.827 bits per heavy atom. The quantitative estimate of drug-likeness (QED) is 0.0946. The van der Waals surface area contributed by atoms with Crippen molar-refractivity contribution in [1.82, 2.24) is 9.97 Å². The van der Waals surface area contributed by atoms with E-state index in [2.05, 4.69) is 140 Å². The van der Waals surface area contributed by atoms with Crippen LogP contribution in [0.1, 0.15) is 114 Å². The average Bonchev–Trinajstić information content (AvgIpc) is 3.79. The van der Waals surface area contributed by atoms with Gasteiger partial charge in [-0.25, -0.2) is 9.97 Å². The van der Waals surface area contributed by atoms with Gasteiger partial charge in [-0.1, -0.05) is 130 Å². The van der Waals surface area contributed by atoms with E-state index < -0.39 is 0 Å². The fourth-order valence-electron chi connectivity index (χ4n) is 6.92. The maximum Gasteiger partial charge on any atom is 0.227 e. The van der Waals surface area contributed by atoms with E-state index in [1.165, 1.54) is 35.1 Å². The highest BCUT2D eigenvalue weighted by Crippen LogP contribution is 2.33. The van der Waals surface area contributed by atoms with E-state index in [9.17, 15) is 0 Å². The molecule has 0 radical (unpaired) electrons. The zero-order chi connectivity index (χ0) is 36.8. The molecule has 6 aromatic rings. The summed E-state index contributed by atoms with van der Waals surface area (Å²) >= 11 is 0. The van der Waals surface area contributed by atoms with Gasteiger partial charge in [-0.3, -0.25) is 0 Å². The first-order valence-corrected chi connectivity index (χ1v) is 19.9. The van der Waals surface area contributed by atoms with Crippen molar-refractivity contribution in [3.8, 4) is 22.9 Å². The summed E-state index contributed by atoms with van der Waals surface area (Å²) in [6.45, 7) is 18.3. The maximum atomic E-state index is 6.46. The molecule has 272 valence electrons. The van der Waals surface area contributed by atoms with Gasteiger partial charge < -0.3 is 8.83 Å². The van der Waals surface area contributed by atoms with Crippen LogP contribution in [-0.4, -0.2) is 9.97 Å². The average molecular weight is 695 g/mol. The summed E-state index contributed by atoms with van der Waals surface area (Å²) in [6.07, 6.45) is 13.1. The predicted molar refractivity (Wildman–Crippen MR) is 220 cm³/mol. The van der Waals surface area contributed by atoms with Crippen LogP contribution in [0, 0.1) is 23.7 Å². The first kappa shape index (κ1) is 37.3. The Hall–Kier alpha value is -4.44. The van der Waals surface area contributed by atoms with Crippen molar-refractivity contribution in [2.75, 3.05) is 0 Å². The highest BCUT2D eigenvalue weighted by molar-refractivity contribution is 5.82. The van der Waals surface area contributed by atoms with Gasteiger partial charge in [0, 0.05) is 11.1 Å². The molecule has 0 spiro atoms. The molecule has 0 amide bonds. The summed E-state index contributed by atoms with van der Waals surface area (Å²) in [7, 11) is 0. The highest BCUT2D eigenvalue weighted by Gasteiger charge is 2.18. The van der Waals surface area contributed by atoms with Crippen LogP contribution in [0.5, 0.6) is 0 Å². The van der Waals surface area contributed by atoms with Crippen LogP contribution >= 0.6 is 0 Å². The molecule has 0 aliphatic heterocycles. The molecule has 52 heavy (non-hydrogen) atoms. The third-order valence-corrected chi connectivity index (χ3v) is 11.1. The molecule has 4 nitrogen and oxygen atoms in total. The highest BCUT2D eigenvalue weighted by atomic mass is 16.4. The molecule has 4 heteroatoms. The number of nitrogens with zero attached hydrogens (tertiary/aromatic N) is 2. The molecule has 2 aromatic heterocycles. The molecular weight excluding hydrogens is 637 g/mol. The lowest BCUT2D eigenvalue weighted by molar-refractivity contribution is 0.546. The molecule has 4 aromatic carbocycles. The van der Waals surface area contributed by atoms with Crippen LogP contribution in [0.3, 0.4) is 0 Å². The molecule has 0 aliphatic rings. The molecule has 4 unspecified atom stereocenters. The van der Waals surface area contributed by atoms with Crippen LogP contribution in [0.2, 0.25) is 0 Å². The van der Waals surface area contributed by atoms with E-state index in [-0.39, 0.29) is 0 Å². The van der Waals surface area contributed by atoms with Gasteiger partial charge >= 0.3 is 0 Å². The monoisotopic (exact) mass is 694 g/mol. The second kappa shape index (κ2) is 16.9. The maximum absolute atomic E-state index is 6.46. The summed E-state index contributed by atoms with van der Waals surface area (Å²) < 4.78 is 12.9. The van der Waals surface area contributed by atoms with Gasteiger partial charge in [0.25, 0.3) is 0 Å². The first-order valence-electron chi connectivity index (χ1n) is 19.9. The lowest BCUT2D eigenvalue weighted by Crippen LogP contribution is -2.02. The van der Waals surface area contributed by atoms with E-state index in [4.69, 9.17) is 18.8 Å². The van der Waals surface area contributed by atoms with Crippen molar-refractivity contribution in [3.05, 3.63) is 106 Å². The Kier molecular flexibility index (Phi) is 12.1. The minimum absolute atomic E-state index is 0.597. The number of benzene rings is 4. The minimum Gasteiger partial charge on any atom is -0.436 e. The minimum atomic E-state index is 0.597. The second-order valence-corrected chi connectivity index (χ2v) is 15.7. The Morgan fingerprint density at radius 3 is 1.17 bits per heavy atom. The predicted octanol–water partition coefficient (Wildman–Crippen LogP) is 13.8. The lowest BCUT2D eigenvalue weighted by atomic mass is 9.93. The SMILES string of the molecule is CCC(C)Cc1cc(CC(C)CC)c2oc(-c3ccc(C=Cc4ccc(-c5nc6cc(CC(C)CC)cc(CC(C)CC)c6o5)cc4)cc3)nc2c1. The van der Waals surface area contributed by atoms with Crippen molar-refractivity contribution < 1.29 is 8.83 Å². The number of aromatic nitrogens is 2. The molecular formula is C48H58N2O2. The molecule has 6 rings (SSSR count). The molecule has 2 heterocycles. The lowest BCUT2D eigenvalue weighted by Gasteiger charge is -2.12. The summed E-state index contributed by atoms with van der Waals surface area (Å²) in [4.78, 5) is 9.97. The fraction of sp³-hybridized carbons (Fsp3) is 0.417. The Bertz CT molecular complexity index is 1950. The topological polar surface area (TPSA) is 52.1 Å². The van der Waals surface area contributed by atoms with Crippen molar-refractivity contribution in [2.24, 2.45) is 23.7 Å². The smallest absolute Gasteiger partial charge is 0.227 e. The van der Waals surface area contributed by atoms with Gasteiger partial charge in [0.05, 0.1) is 0 Å². The Labute approximate surface area is 311 Å². The van der Waals surface area contributed by atoms with E-state index >= 15 is 0 Å².